The van der Waals surface area contributed by atoms with E-state index >= 15 is 0 Å². The van der Waals surface area contributed by atoms with Gasteiger partial charge in [-0.1, -0.05) is 13.0 Å². The molecule has 3 aromatic rings. The predicted molar refractivity (Wildman–Crippen MR) is 114 cm³/mol. The number of fused-ring (bicyclic) bond motifs is 1. The minimum atomic E-state index is -0.404. The number of nitrogens with one attached hydrogen (secondary N) is 1. The molecule has 11 heteroatoms. The van der Waals surface area contributed by atoms with Crippen molar-refractivity contribution < 1.29 is 14.7 Å². The van der Waals surface area contributed by atoms with Crippen molar-refractivity contribution >= 4 is 17.6 Å². The van der Waals surface area contributed by atoms with Crippen molar-refractivity contribution in [1.29, 1.82) is 0 Å². The van der Waals surface area contributed by atoms with E-state index in [1.54, 1.807) is 42.3 Å². The van der Waals surface area contributed by atoms with Crippen LogP contribution >= 0.6 is 0 Å². The number of aliphatic hydroxyl groups is 1. The summed E-state index contributed by atoms with van der Waals surface area (Å²) in [6, 6.07) is 6.51. The van der Waals surface area contributed by atoms with Gasteiger partial charge >= 0.3 is 0 Å². The number of hydrogen-bond acceptors (Lipinski definition) is 8. The van der Waals surface area contributed by atoms with Crippen molar-refractivity contribution in [1.82, 2.24) is 35.1 Å². The van der Waals surface area contributed by atoms with Gasteiger partial charge in [-0.25, -0.2) is 9.67 Å². The number of aliphatic hydroxyl groups excluding tert-OH is 1. The molecule has 1 atom stereocenters. The molecule has 166 valence electrons. The van der Waals surface area contributed by atoms with Crippen molar-refractivity contribution in [2.45, 2.75) is 45.8 Å². The molecule has 0 saturated carbocycles. The summed E-state index contributed by atoms with van der Waals surface area (Å²) in [6.45, 7) is 4.63. The van der Waals surface area contributed by atoms with Crippen LogP contribution in [0.2, 0.25) is 0 Å². The van der Waals surface area contributed by atoms with E-state index < -0.39 is 5.91 Å². The third-order valence-corrected chi connectivity index (χ3v) is 5.25. The summed E-state index contributed by atoms with van der Waals surface area (Å²) in [6.07, 6.45) is 2.96. The Morgan fingerprint density at radius 2 is 2.06 bits per heavy atom. The summed E-state index contributed by atoms with van der Waals surface area (Å²) in [4.78, 5) is 35.4. The average molecular weight is 436 g/mol. The molecule has 0 aliphatic carbocycles. The predicted octanol–water partition coefficient (Wildman–Crippen LogP) is 1.58. The maximum absolute atomic E-state index is 12.8. The van der Waals surface area contributed by atoms with Gasteiger partial charge in [-0.15, -0.1) is 5.10 Å². The van der Waals surface area contributed by atoms with Gasteiger partial charge in [-0.3, -0.25) is 14.6 Å². The Morgan fingerprint density at radius 3 is 2.84 bits per heavy atom. The van der Waals surface area contributed by atoms with E-state index in [1.165, 1.54) is 4.68 Å². The Morgan fingerprint density at radius 1 is 1.25 bits per heavy atom. The lowest BCUT2D eigenvalue weighted by molar-refractivity contribution is -0.131. The molecule has 0 unspecified atom stereocenters. The molecule has 3 aromatic heterocycles. The Bertz CT molecular complexity index is 1150. The highest BCUT2D eigenvalue weighted by Crippen LogP contribution is 2.24. The minimum Gasteiger partial charge on any atom is -0.394 e. The Kier molecular flexibility index (Phi) is 6.17. The smallest absolute Gasteiger partial charge is 0.275 e. The molecule has 2 N–H and O–H groups in total. The van der Waals surface area contributed by atoms with E-state index in [0.29, 0.717) is 36.8 Å². The van der Waals surface area contributed by atoms with E-state index in [9.17, 15) is 14.7 Å². The van der Waals surface area contributed by atoms with Crippen LogP contribution in [0.4, 0.5) is 5.82 Å². The van der Waals surface area contributed by atoms with Gasteiger partial charge in [0.15, 0.2) is 0 Å². The highest BCUT2D eigenvalue weighted by molar-refractivity contribution is 6.02. The molecule has 2 amide bonds. The third-order valence-electron chi connectivity index (χ3n) is 5.25. The van der Waals surface area contributed by atoms with Crippen molar-refractivity contribution in [3.05, 3.63) is 47.3 Å². The van der Waals surface area contributed by atoms with Gasteiger partial charge in [0.05, 0.1) is 12.6 Å². The molecule has 4 heterocycles. The van der Waals surface area contributed by atoms with E-state index in [-0.39, 0.29) is 24.2 Å². The first-order chi connectivity index (χ1) is 15.5. The molecule has 1 aliphatic rings. The quantitative estimate of drug-likeness (QED) is 0.569. The lowest BCUT2D eigenvalue weighted by Gasteiger charge is -2.14. The van der Waals surface area contributed by atoms with E-state index in [0.717, 1.165) is 17.5 Å². The van der Waals surface area contributed by atoms with Gasteiger partial charge < -0.3 is 15.3 Å². The Hall–Kier alpha value is -3.73. The number of carbonyl (C=O) groups is 2. The third kappa shape index (κ3) is 4.33. The number of amides is 2. The zero-order valence-electron chi connectivity index (χ0n) is 17.9. The molecule has 11 nitrogen and oxygen atoms in total. The van der Waals surface area contributed by atoms with Crippen LogP contribution in [0.15, 0.2) is 30.5 Å². The highest BCUT2D eigenvalue weighted by Gasteiger charge is 2.24. The molecule has 32 heavy (non-hydrogen) atoms. The second-order valence-corrected chi connectivity index (χ2v) is 7.68. The molecule has 0 bridgehead atoms. The standard InChI is InChI=1S/C21H24N8O3/c1-3-5-19(31)28-10-14-8-17(22-9-15(14)11-28)21(32)24-18-7-4-6-16(23-18)20-25-26-27-29(20)13(2)12-30/h4,6-9,13,30H,3,5,10-12H2,1-2H3,(H,23,24,32)/t13-/m1/s1. The number of hydrogen-bond donors (Lipinski definition) is 2. The molecule has 0 spiro atoms. The summed E-state index contributed by atoms with van der Waals surface area (Å²) < 4.78 is 1.47. The van der Waals surface area contributed by atoms with Gasteiger partial charge in [0, 0.05) is 25.7 Å². The molecule has 0 radical (unpaired) electrons. The van der Waals surface area contributed by atoms with Gasteiger partial charge in [0.2, 0.25) is 11.7 Å². The van der Waals surface area contributed by atoms with Gasteiger partial charge in [-0.05, 0) is 53.1 Å². The van der Waals surface area contributed by atoms with Crippen molar-refractivity contribution in [3.63, 3.8) is 0 Å². The number of carbonyl (C=O) groups excluding carboxylic acids is 2. The zero-order valence-corrected chi connectivity index (χ0v) is 17.9. The van der Waals surface area contributed by atoms with Crippen molar-refractivity contribution in [2.75, 3.05) is 11.9 Å². The van der Waals surface area contributed by atoms with E-state index in [1.807, 2.05) is 6.92 Å². The van der Waals surface area contributed by atoms with Gasteiger partial charge in [0.1, 0.15) is 17.2 Å². The van der Waals surface area contributed by atoms with Crippen LogP contribution in [0.25, 0.3) is 11.5 Å². The summed E-state index contributed by atoms with van der Waals surface area (Å²) in [7, 11) is 0. The largest absolute Gasteiger partial charge is 0.394 e. The van der Waals surface area contributed by atoms with Gasteiger partial charge in [-0.2, -0.15) is 0 Å². The number of tetrazole rings is 1. The lowest BCUT2D eigenvalue weighted by Crippen LogP contribution is -2.24. The summed E-state index contributed by atoms with van der Waals surface area (Å²) >= 11 is 0. The second-order valence-electron chi connectivity index (χ2n) is 7.68. The van der Waals surface area contributed by atoms with E-state index in [4.69, 9.17) is 0 Å². The maximum Gasteiger partial charge on any atom is 0.275 e. The first kappa shape index (κ1) is 21.5. The Balaban J connectivity index is 1.49. The first-order valence-corrected chi connectivity index (χ1v) is 10.4. The second kappa shape index (κ2) is 9.18. The fourth-order valence-corrected chi connectivity index (χ4v) is 3.50. The number of nitrogens with zero attached hydrogens (tertiary/aromatic N) is 7. The molecule has 1 aliphatic heterocycles. The molecule has 0 saturated heterocycles. The number of aromatic nitrogens is 6. The number of rotatable bonds is 7. The van der Waals surface area contributed by atoms with Crippen LogP contribution in [0.1, 0.15) is 54.3 Å². The lowest BCUT2D eigenvalue weighted by atomic mass is 10.1. The molecule has 4 rings (SSSR count). The molecular formula is C21H24N8O3. The molecular weight excluding hydrogens is 412 g/mol. The SMILES string of the molecule is CCCC(=O)N1Cc2cnc(C(=O)Nc3cccc(-c4nnnn4[C@H](C)CO)n3)cc2C1. The van der Waals surface area contributed by atoms with Crippen molar-refractivity contribution in [3.8, 4) is 11.5 Å². The van der Waals surface area contributed by atoms with Gasteiger partial charge in [0.25, 0.3) is 5.91 Å². The van der Waals surface area contributed by atoms with Crippen molar-refractivity contribution in [2.24, 2.45) is 0 Å². The normalized spacial score (nSPS) is 13.7. The topological polar surface area (TPSA) is 139 Å². The molecule has 0 fully saturated rings. The number of pyridine rings is 2. The average Bonchev–Trinajstić information content (AvgIpc) is 3.45. The van der Waals surface area contributed by atoms with Crippen LogP contribution in [0.5, 0.6) is 0 Å². The zero-order chi connectivity index (χ0) is 22.7. The minimum absolute atomic E-state index is 0.105. The van der Waals surface area contributed by atoms with E-state index in [2.05, 4.69) is 30.8 Å². The maximum atomic E-state index is 12.8. The fourth-order valence-electron chi connectivity index (χ4n) is 3.50. The Labute approximate surface area is 184 Å². The van der Waals surface area contributed by atoms with Crippen LogP contribution < -0.4 is 5.32 Å². The molecule has 0 aromatic carbocycles. The summed E-state index contributed by atoms with van der Waals surface area (Å²) in [5, 5.41) is 23.7. The summed E-state index contributed by atoms with van der Waals surface area (Å²) in [5.41, 5.74) is 2.59. The van der Waals surface area contributed by atoms with Crippen LogP contribution in [0, 0.1) is 0 Å². The number of anilines is 1. The van der Waals surface area contributed by atoms with Crippen LogP contribution in [0.3, 0.4) is 0 Å². The summed E-state index contributed by atoms with van der Waals surface area (Å²) in [5.74, 6) is 0.406. The fraction of sp³-hybridized carbons (Fsp3) is 0.381. The first-order valence-electron chi connectivity index (χ1n) is 10.4. The van der Waals surface area contributed by atoms with Crippen LogP contribution in [-0.2, 0) is 17.9 Å². The van der Waals surface area contributed by atoms with Crippen LogP contribution in [-0.4, -0.2) is 58.6 Å². The highest BCUT2D eigenvalue weighted by atomic mass is 16.3. The monoisotopic (exact) mass is 436 g/mol.